The molecule has 1 heterocycles. The van der Waals surface area contributed by atoms with Crippen LogP contribution in [0, 0.1) is 11.8 Å². The zero-order chi connectivity index (χ0) is 15.0. The predicted molar refractivity (Wildman–Crippen MR) is 77.8 cm³/mol. The summed E-state index contributed by atoms with van der Waals surface area (Å²) in [6.45, 7) is 2.72. The van der Waals surface area contributed by atoms with E-state index < -0.39 is 5.97 Å². The van der Waals surface area contributed by atoms with E-state index in [-0.39, 0.29) is 5.92 Å². The van der Waals surface area contributed by atoms with Gasteiger partial charge in [0.2, 0.25) is 0 Å². The van der Waals surface area contributed by atoms with Crippen molar-refractivity contribution >= 4 is 5.97 Å². The van der Waals surface area contributed by atoms with Crippen molar-refractivity contribution in [3.05, 3.63) is 23.3 Å². The van der Waals surface area contributed by atoms with Crippen LogP contribution in [0.4, 0.5) is 0 Å². The van der Waals surface area contributed by atoms with E-state index in [4.69, 9.17) is 14.6 Å². The number of hydrogen-bond acceptors (Lipinski definition) is 4. The van der Waals surface area contributed by atoms with Crippen LogP contribution in [0.2, 0.25) is 0 Å². The summed E-state index contributed by atoms with van der Waals surface area (Å²) in [7, 11) is 3.30. The van der Waals surface area contributed by atoms with Gasteiger partial charge in [-0.15, -0.1) is 0 Å². The summed E-state index contributed by atoms with van der Waals surface area (Å²) in [6, 6.07) is 4.10. The van der Waals surface area contributed by atoms with E-state index in [1.807, 2.05) is 6.07 Å². The Labute approximate surface area is 124 Å². The van der Waals surface area contributed by atoms with Gasteiger partial charge in [-0.2, -0.15) is 0 Å². The van der Waals surface area contributed by atoms with Gasteiger partial charge in [0.1, 0.15) is 0 Å². The van der Waals surface area contributed by atoms with E-state index in [9.17, 15) is 4.79 Å². The number of methoxy groups -OCH3 is 2. The van der Waals surface area contributed by atoms with Gasteiger partial charge in [0, 0.05) is 19.6 Å². The molecular formula is C16H21NO4. The monoisotopic (exact) mass is 291 g/mol. The van der Waals surface area contributed by atoms with E-state index >= 15 is 0 Å². The molecule has 0 amide bonds. The van der Waals surface area contributed by atoms with Crippen LogP contribution in [0.5, 0.6) is 11.5 Å². The first-order chi connectivity index (χ1) is 10.1. The molecule has 1 aliphatic heterocycles. The third-order valence-electron chi connectivity index (χ3n) is 4.53. The summed E-state index contributed by atoms with van der Waals surface area (Å²) in [5, 5.41) is 8.99. The maximum absolute atomic E-state index is 10.9. The zero-order valence-corrected chi connectivity index (χ0v) is 12.5. The van der Waals surface area contributed by atoms with Crippen LogP contribution < -0.4 is 9.47 Å². The van der Waals surface area contributed by atoms with E-state index in [0.717, 1.165) is 44.0 Å². The fraction of sp³-hybridized carbons (Fsp3) is 0.562. The zero-order valence-electron chi connectivity index (χ0n) is 12.5. The lowest BCUT2D eigenvalue weighted by molar-refractivity contribution is -0.138. The molecule has 1 fully saturated rings. The van der Waals surface area contributed by atoms with Gasteiger partial charge >= 0.3 is 5.97 Å². The first-order valence-corrected chi connectivity index (χ1v) is 7.31. The Morgan fingerprint density at radius 2 is 1.95 bits per heavy atom. The summed E-state index contributed by atoms with van der Waals surface area (Å²) in [5.74, 6) is 1.08. The highest BCUT2D eigenvalue weighted by Gasteiger charge is 2.44. The standard InChI is InChI=1S/C16H21NO4/c1-20-14-6-10-3-4-17(8-11(10)7-15(14)21-2)9-12-5-13(12)16(18)19/h6-7,12-13H,3-5,8-9H2,1-2H3,(H,18,19)/t12-,13+/m0/s1. The number of rotatable bonds is 5. The highest BCUT2D eigenvalue weighted by molar-refractivity contribution is 5.73. The fourth-order valence-corrected chi connectivity index (χ4v) is 3.18. The highest BCUT2D eigenvalue weighted by atomic mass is 16.5. The Hall–Kier alpha value is -1.75. The molecule has 0 aromatic heterocycles. The Morgan fingerprint density at radius 1 is 1.29 bits per heavy atom. The van der Waals surface area contributed by atoms with Crippen molar-refractivity contribution in [3.8, 4) is 11.5 Å². The smallest absolute Gasteiger partial charge is 0.306 e. The first-order valence-electron chi connectivity index (χ1n) is 7.31. The average Bonchev–Trinajstić information content (AvgIpc) is 3.25. The van der Waals surface area contributed by atoms with Crippen LogP contribution in [0.3, 0.4) is 0 Å². The molecule has 1 aliphatic carbocycles. The first kappa shape index (κ1) is 14.2. The van der Waals surface area contributed by atoms with Crippen LogP contribution in [-0.2, 0) is 17.8 Å². The van der Waals surface area contributed by atoms with Crippen molar-refractivity contribution in [1.29, 1.82) is 0 Å². The molecule has 1 aromatic rings. The van der Waals surface area contributed by atoms with Gasteiger partial charge in [0.25, 0.3) is 0 Å². The van der Waals surface area contributed by atoms with Gasteiger partial charge in [-0.1, -0.05) is 0 Å². The molecular weight excluding hydrogens is 270 g/mol. The lowest BCUT2D eigenvalue weighted by atomic mass is 9.98. The number of carbonyl (C=O) groups is 1. The number of hydrogen-bond donors (Lipinski definition) is 1. The molecule has 114 valence electrons. The molecule has 1 saturated carbocycles. The molecule has 0 bridgehead atoms. The predicted octanol–water partition coefficient (Wildman–Crippen LogP) is 1.78. The molecule has 3 rings (SSSR count). The second kappa shape index (κ2) is 5.56. The second-order valence-electron chi connectivity index (χ2n) is 5.90. The lowest BCUT2D eigenvalue weighted by Crippen LogP contribution is -2.32. The lowest BCUT2D eigenvalue weighted by Gasteiger charge is -2.29. The number of ether oxygens (including phenoxy) is 2. The van der Waals surface area contributed by atoms with Crippen molar-refractivity contribution in [2.24, 2.45) is 11.8 Å². The number of carboxylic acid groups (broad SMARTS) is 1. The number of fused-ring (bicyclic) bond motifs is 1. The van der Waals surface area contributed by atoms with E-state index in [2.05, 4.69) is 11.0 Å². The molecule has 21 heavy (non-hydrogen) atoms. The van der Waals surface area contributed by atoms with Gasteiger partial charge in [0.15, 0.2) is 11.5 Å². The average molecular weight is 291 g/mol. The van der Waals surface area contributed by atoms with E-state index in [1.165, 1.54) is 11.1 Å². The molecule has 1 N–H and O–H groups in total. The quantitative estimate of drug-likeness (QED) is 0.896. The number of aliphatic carboxylic acids is 1. The largest absolute Gasteiger partial charge is 0.493 e. The maximum Gasteiger partial charge on any atom is 0.306 e. The number of benzene rings is 1. The molecule has 2 atom stereocenters. The van der Waals surface area contributed by atoms with Crippen LogP contribution >= 0.6 is 0 Å². The Balaban J connectivity index is 1.69. The van der Waals surface area contributed by atoms with Crippen LogP contribution in [0.1, 0.15) is 17.5 Å². The summed E-state index contributed by atoms with van der Waals surface area (Å²) in [6.07, 6.45) is 1.80. The molecule has 5 heteroatoms. The maximum atomic E-state index is 10.9. The normalized spacial score (nSPS) is 24.3. The summed E-state index contributed by atoms with van der Waals surface area (Å²) < 4.78 is 10.7. The second-order valence-corrected chi connectivity index (χ2v) is 5.90. The molecule has 0 saturated heterocycles. The van der Waals surface area contributed by atoms with Crippen molar-refractivity contribution in [2.75, 3.05) is 27.3 Å². The highest BCUT2D eigenvalue weighted by Crippen LogP contribution is 2.40. The van der Waals surface area contributed by atoms with E-state index in [0.29, 0.717) is 5.92 Å². The van der Waals surface area contributed by atoms with Crippen molar-refractivity contribution in [1.82, 2.24) is 4.90 Å². The Morgan fingerprint density at radius 3 is 2.52 bits per heavy atom. The number of carboxylic acids is 1. The van der Waals surface area contributed by atoms with Crippen LogP contribution in [0.25, 0.3) is 0 Å². The van der Waals surface area contributed by atoms with Crippen LogP contribution in [0.15, 0.2) is 12.1 Å². The third kappa shape index (κ3) is 2.83. The van der Waals surface area contributed by atoms with Gasteiger partial charge in [-0.05, 0) is 42.0 Å². The van der Waals surface area contributed by atoms with Crippen molar-refractivity contribution < 1.29 is 19.4 Å². The summed E-state index contributed by atoms with van der Waals surface area (Å²) >= 11 is 0. The third-order valence-corrected chi connectivity index (χ3v) is 4.53. The molecule has 0 unspecified atom stereocenters. The van der Waals surface area contributed by atoms with Crippen molar-refractivity contribution in [2.45, 2.75) is 19.4 Å². The molecule has 0 spiro atoms. The Kier molecular flexibility index (Phi) is 3.76. The molecule has 1 aromatic carbocycles. The number of nitrogens with zero attached hydrogens (tertiary/aromatic N) is 1. The molecule has 5 nitrogen and oxygen atoms in total. The minimum absolute atomic E-state index is 0.128. The fourth-order valence-electron chi connectivity index (χ4n) is 3.18. The van der Waals surface area contributed by atoms with Gasteiger partial charge < -0.3 is 14.6 Å². The molecule has 0 radical (unpaired) electrons. The van der Waals surface area contributed by atoms with Crippen LogP contribution in [-0.4, -0.2) is 43.3 Å². The SMILES string of the molecule is COc1cc2c(cc1OC)CN(C[C@@H]1C[C@H]1C(=O)O)CC2. The summed E-state index contributed by atoms with van der Waals surface area (Å²) in [4.78, 5) is 13.3. The topological polar surface area (TPSA) is 59.0 Å². The summed E-state index contributed by atoms with van der Waals surface area (Å²) in [5.41, 5.74) is 2.56. The Bertz CT molecular complexity index is 557. The van der Waals surface area contributed by atoms with E-state index in [1.54, 1.807) is 14.2 Å². The minimum atomic E-state index is -0.649. The minimum Gasteiger partial charge on any atom is -0.493 e. The van der Waals surface area contributed by atoms with Crippen molar-refractivity contribution in [3.63, 3.8) is 0 Å². The molecule has 2 aliphatic rings. The van der Waals surface area contributed by atoms with Gasteiger partial charge in [-0.3, -0.25) is 9.69 Å². The van der Waals surface area contributed by atoms with Gasteiger partial charge in [0.05, 0.1) is 20.1 Å². The van der Waals surface area contributed by atoms with Gasteiger partial charge in [-0.25, -0.2) is 0 Å².